The Labute approximate surface area is 136 Å². The summed E-state index contributed by atoms with van der Waals surface area (Å²) < 4.78 is 0. The summed E-state index contributed by atoms with van der Waals surface area (Å²) in [7, 11) is 0. The van der Waals surface area contributed by atoms with E-state index in [0.29, 0.717) is 0 Å². The molecule has 0 aliphatic rings. The average molecular weight is 315 g/mol. The lowest BCUT2D eigenvalue weighted by Gasteiger charge is -2.06. The van der Waals surface area contributed by atoms with Gasteiger partial charge in [0.2, 0.25) is 0 Å². The predicted octanol–water partition coefficient (Wildman–Crippen LogP) is 1.71. The van der Waals surface area contributed by atoms with Gasteiger partial charge in [-0.15, -0.1) is 11.3 Å². The summed E-state index contributed by atoms with van der Waals surface area (Å²) in [5.74, 6) is 0. The summed E-state index contributed by atoms with van der Waals surface area (Å²) in [6.07, 6.45) is 0. The zero-order chi connectivity index (χ0) is 13.6. The van der Waals surface area contributed by atoms with Crippen molar-refractivity contribution in [1.29, 1.82) is 0 Å². The van der Waals surface area contributed by atoms with Crippen molar-refractivity contribution >= 4 is 11.3 Å². The van der Waals surface area contributed by atoms with Crippen LogP contribution in [-0.2, 0) is 13.1 Å². The van der Waals surface area contributed by atoms with Gasteiger partial charge in [0.15, 0.2) is 0 Å². The van der Waals surface area contributed by atoms with Gasteiger partial charge >= 0.3 is 0 Å². The molecule has 0 spiro atoms. The summed E-state index contributed by atoms with van der Waals surface area (Å²) in [5, 5.41) is 5.59. The highest BCUT2D eigenvalue weighted by atomic mass is 35.5. The van der Waals surface area contributed by atoms with Crippen LogP contribution in [0.5, 0.6) is 0 Å². The van der Waals surface area contributed by atoms with E-state index in [-0.39, 0.29) is 12.4 Å². The molecule has 0 aliphatic heterocycles. The van der Waals surface area contributed by atoms with E-state index in [2.05, 4.69) is 71.4 Å². The van der Waals surface area contributed by atoms with Crippen LogP contribution in [-0.4, -0.2) is 0 Å². The molecule has 1 heterocycles. The van der Waals surface area contributed by atoms with E-state index in [0.717, 1.165) is 13.1 Å². The molecular weight excluding hydrogens is 298 g/mol. The third-order valence-electron chi connectivity index (χ3n) is 3.27. The van der Waals surface area contributed by atoms with Crippen LogP contribution in [0.2, 0.25) is 0 Å². The molecule has 0 radical (unpaired) electrons. The third-order valence-corrected chi connectivity index (χ3v) is 4.15. The summed E-state index contributed by atoms with van der Waals surface area (Å²) in [4.78, 5) is 1.38. The van der Waals surface area contributed by atoms with Crippen LogP contribution in [0.3, 0.4) is 0 Å². The quantitative estimate of drug-likeness (QED) is 0.756. The minimum absolute atomic E-state index is 0. The summed E-state index contributed by atoms with van der Waals surface area (Å²) in [5.41, 5.74) is 3.86. The fraction of sp³-hybridized carbons (Fsp3) is 0.111. The standard InChI is InChI=1S/C18H17NS.ClH/c1-2-5-16(6-3-1)17-10-8-15(9-11-17)13-19-14-18-7-4-12-20-18;/h1-12,19H,13-14H2;1H/p-1. The highest BCUT2D eigenvalue weighted by Crippen LogP contribution is 2.19. The Morgan fingerprint density at radius 2 is 1.43 bits per heavy atom. The lowest BCUT2D eigenvalue weighted by molar-refractivity contribution is -0.00000388. The molecule has 3 aromatic rings. The maximum atomic E-state index is 3.47. The summed E-state index contributed by atoms with van der Waals surface area (Å²) in [6.45, 7) is 1.85. The maximum Gasteiger partial charge on any atom is 0.0302 e. The number of hydrogen-bond donors (Lipinski definition) is 1. The number of rotatable bonds is 5. The first-order chi connectivity index (χ1) is 9.92. The number of nitrogens with one attached hydrogen (secondary N) is 1. The molecule has 21 heavy (non-hydrogen) atoms. The molecular formula is C18H17ClNS-. The molecule has 1 nitrogen and oxygen atoms in total. The Morgan fingerprint density at radius 1 is 0.714 bits per heavy atom. The first-order valence-electron chi connectivity index (χ1n) is 6.79. The third kappa shape index (κ3) is 4.43. The van der Waals surface area contributed by atoms with Crippen LogP contribution in [0.4, 0.5) is 0 Å². The van der Waals surface area contributed by atoms with Gasteiger partial charge in [0.05, 0.1) is 0 Å². The molecule has 108 valence electrons. The normalized spacial score (nSPS) is 10.1. The molecule has 3 heteroatoms. The molecule has 0 unspecified atom stereocenters. The molecule has 0 saturated heterocycles. The Kier molecular flexibility index (Phi) is 6.00. The van der Waals surface area contributed by atoms with E-state index in [1.807, 2.05) is 6.07 Å². The minimum Gasteiger partial charge on any atom is -1.00 e. The zero-order valence-electron chi connectivity index (χ0n) is 11.6. The first-order valence-corrected chi connectivity index (χ1v) is 7.67. The molecule has 2 aromatic carbocycles. The number of hydrogen-bond acceptors (Lipinski definition) is 2. The summed E-state index contributed by atoms with van der Waals surface area (Å²) in [6, 6.07) is 23.5. The van der Waals surface area contributed by atoms with Gasteiger partial charge < -0.3 is 17.7 Å². The van der Waals surface area contributed by atoms with E-state index in [4.69, 9.17) is 0 Å². The summed E-state index contributed by atoms with van der Waals surface area (Å²) >= 11 is 1.80. The van der Waals surface area contributed by atoms with Crippen LogP contribution in [0.25, 0.3) is 11.1 Å². The Balaban J connectivity index is 0.00000161. The van der Waals surface area contributed by atoms with Gasteiger partial charge in [-0.05, 0) is 28.1 Å². The molecule has 0 saturated carbocycles. The average Bonchev–Trinajstić information content (AvgIpc) is 3.02. The first kappa shape index (κ1) is 15.8. The van der Waals surface area contributed by atoms with Crippen molar-refractivity contribution in [3.05, 3.63) is 82.6 Å². The van der Waals surface area contributed by atoms with Gasteiger partial charge in [-0.25, -0.2) is 0 Å². The Bertz CT molecular complexity index is 633. The van der Waals surface area contributed by atoms with E-state index in [1.54, 1.807) is 11.3 Å². The molecule has 0 atom stereocenters. The minimum atomic E-state index is 0. The van der Waals surface area contributed by atoms with E-state index in [9.17, 15) is 0 Å². The Hall–Kier alpha value is -1.61. The molecule has 0 bridgehead atoms. The fourth-order valence-corrected chi connectivity index (χ4v) is 2.86. The molecule has 3 rings (SSSR count). The zero-order valence-corrected chi connectivity index (χ0v) is 13.2. The van der Waals surface area contributed by atoms with Gasteiger partial charge in [-0.3, -0.25) is 0 Å². The van der Waals surface area contributed by atoms with Gasteiger partial charge in [0.25, 0.3) is 0 Å². The molecule has 0 aliphatic carbocycles. The van der Waals surface area contributed by atoms with E-state index >= 15 is 0 Å². The Morgan fingerprint density at radius 3 is 2.10 bits per heavy atom. The molecule has 1 N–H and O–H groups in total. The van der Waals surface area contributed by atoms with Gasteiger partial charge in [0, 0.05) is 18.0 Å². The van der Waals surface area contributed by atoms with Crippen LogP contribution in [0.1, 0.15) is 10.4 Å². The predicted molar refractivity (Wildman–Crippen MR) is 86.7 cm³/mol. The van der Waals surface area contributed by atoms with Crippen molar-refractivity contribution in [2.75, 3.05) is 0 Å². The van der Waals surface area contributed by atoms with Crippen LogP contribution in [0, 0.1) is 0 Å². The van der Waals surface area contributed by atoms with Crippen molar-refractivity contribution in [3.63, 3.8) is 0 Å². The lowest BCUT2D eigenvalue weighted by Crippen LogP contribution is -3.00. The number of benzene rings is 2. The second-order valence-corrected chi connectivity index (χ2v) is 5.78. The van der Waals surface area contributed by atoms with Crippen LogP contribution < -0.4 is 17.7 Å². The largest absolute Gasteiger partial charge is 1.00 e. The second kappa shape index (κ2) is 7.99. The van der Waals surface area contributed by atoms with Crippen LogP contribution >= 0.6 is 11.3 Å². The molecule has 0 fully saturated rings. The maximum absolute atomic E-state index is 3.47. The van der Waals surface area contributed by atoms with Gasteiger partial charge in [-0.1, -0.05) is 60.7 Å². The molecule has 1 aromatic heterocycles. The van der Waals surface area contributed by atoms with Crippen molar-refractivity contribution < 1.29 is 12.4 Å². The lowest BCUT2D eigenvalue weighted by atomic mass is 10.0. The van der Waals surface area contributed by atoms with Crippen molar-refractivity contribution in [2.24, 2.45) is 0 Å². The monoisotopic (exact) mass is 314 g/mol. The highest BCUT2D eigenvalue weighted by Gasteiger charge is 1.98. The second-order valence-electron chi connectivity index (χ2n) is 4.75. The van der Waals surface area contributed by atoms with Gasteiger partial charge in [-0.2, -0.15) is 0 Å². The fourth-order valence-electron chi connectivity index (χ4n) is 2.19. The van der Waals surface area contributed by atoms with E-state index in [1.165, 1.54) is 21.6 Å². The van der Waals surface area contributed by atoms with Crippen molar-refractivity contribution in [1.82, 2.24) is 5.32 Å². The number of halogens is 1. The van der Waals surface area contributed by atoms with Gasteiger partial charge in [0.1, 0.15) is 0 Å². The smallest absolute Gasteiger partial charge is 0.0302 e. The SMILES string of the molecule is [Cl-].c1ccc(-c2ccc(CNCc3cccs3)cc2)cc1. The number of thiophene rings is 1. The topological polar surface area (TPSA) is 12.0 Å². The van der Waals surface area contributed by atoms with Crippen molar-refractivity contribution in [3.8, 4) is 11.1 Å². The molecule has 0 amide bonds. The van der Waals surface area contributed by atoms with Crippen LogP contribution in [0.15, 0.2) is 72.1 Å². The van der Waals surface area contributed by atoms with Crippen molar-refractivity contribution in [2.45, 2.75) is 13.1 Å². The van der Waals surface area contributed by atoms with E-state index < -0.39 is 0 Å². The highest BCUT2D eigenvalue weighted by molar-refractivity contribution is 7.09.